The fourth-order valence-electron chi connectivity index (χ4n) is 3.87. The van der Waals surface area contributed by atoms with Gasteiger partial charge in [0, 0.05) is 30.6 Å². The molecule has 3 heterocycles. The number of sulfonamides is 1. The maximum Gasteiger partial charge on any atom is 0.245 e. The van der Waals surface area contributed by atoms with E-state index in [2.05, 4.69) is 10.1 Å². The number of aromatic nitrogens is 2. The summed E-state index contributed by atoms with van der Waals surface area (Å²) in [6.07, 6.45) is 6.31. The number of rotatable bonds is 6. The summed E-state index contributed by atoms with van der Waals surface area (Å²) in [5, 5.41) is 4.24. The van der Waals surface area contributed by atoms with Gasteiger partial charge in [0.1, 0.15) is 10.6 Å². The number of benzene rings is 1. The Kier molecular flexibility index (Phi) is 6.24. The number of nitrogens with zero attached hydrogens (tertiary/aromatic N) is 3. The van der Waals surface area contributed by atoms with Crippen LogP contribution in [0.2, 0.25) is 0 Å². The van der Waals surface area contributed by atoms with Gasteiger partial charge in [-0.1, -0.05) is 18.0 Å². The number of methoxy groups -OCH3 is 2. The number of ether oxygens (including phenoxy) is 2. The summed E-state index contributed by atoms with van der Waals surface area (Å²) in [6, 6.07) is 10.1. The molecule has 9 heteroatoms. The van der Waals surface area contributed by atoms with Crippen molar-refractivity contribution < 1.29 is 22.4 Å². The smallest absolute Gasteiger partial charge is 0.245 e. The van der Waals surface area contributed by atoms with Crippen LogP contribution in [-0.2, 0) is 10.0 Å². The van der Waals surface area contributed by atoms with Crippen molar-refractivity contribution in [1.82, 2.24) is 14.4 Å². The van der Waals surface area contributed by atoms with Crippen LogP contribution < -0.4 is 9.47 Å². The summed E-state index contributed by atoms with van der Waals surface area (Å²) in [6.45, 7) is 0.431. The maximum atomic E-state index is 13.4. The SMILES string of the molecule is COc1ccc(-c2cc(C3CCCCCN3S(=O)(=O)c3cccnc3)no2)cc1OC. The zero-order valence-corrected chi connectivity index (χ0v) is 18.3. The second-order valence-electron chi connectivity index (χ2n) is 7.36. The average molecular weight is 444 g/mol. The molecule has 2 aromatic heterocycles. The van der Waals surface area contributed by atoms with Crippen molar-refractivity contribution in [3.63, 3.8) is 0 Å². The third kappa shape index (κ3) is 4.28. The normalized spacial score (nSPS) is 17.8. The lowest BCUT2D eigenvalue weighted by atomic mass is 10.1. The Morgan fingerprint density at radius 3 is 2.65 bits per heavy atom. The van der Waals surface area contributed by atoms with E-state index in [9.17, 15) is 8.42 Å². The summed E-state index contributed by atoms with van der Waals surface area (Å²) in [7, 11) is -0.559. The third-order valence-electron chi connectivity index (χ3n) is 5.48. The topological polar surface area (TPSA) is 94.8 Å². The van der Waals surface area contributed by atoms with Crippen molar-refractivity contribution >= 4 is 10.0 Å². The number of hydrogen-bond acceptors (Lipinski definition) is 7. The maximum absolute atomic E-state index is 13.4. The standard InChI is InChI=1S/C22H25N3O5S/c1-28-20-10-9-16(13-22(20)29-2)21-14-18(24-30-21)19-8-4-3-5-12-25(19)31(26,27)17-7-6-11-23-15-17/h6-7,9-11,13-15,19H,3-5,8,12H2,1-2H3. The van der Waals surface area contributed by atoms with Gasteiger partial charge in [-0.25, -0.2) is 8.42 Å². The van der Waals surface area contributed by atoms with E-state index in [1.807, 2.05) is 12.1 Å². The van der Waals surface area contributed by atoms with Gasteiger partial charge < -0.3 is 14.0 Å². The Labute approximate surface area is 181 Å². The highest BCUT2D eigenvalue weighted by Gasteiger charge is 2.35. The molecule has 31 heavy (non-hydrogen) atoms. The zero-order valence-electron chi connectivity index (χ0n) is 17.5. The largest absolute Gasteiger partial charge is 0.493 e. The molecule has 1 aliphatic heterocycles. The van der Waals surface area contributed by atoms with Crippen molar-refractivity contribution in [3.05, 3.63) is 54.5 Å². The predicted octanol–water partition coefficient (Wildman–Crippen LogP) is 4.06. The molecule has 0 saturated carbocycles. The molecule has 1 aliphatic rings. The Balaban J connectivity index is 1.68. The molecule has 1 unspecified atom stereocenters. The molecule has 0 aliphatic carbocycles. The number of hydrogen-bond donors (Lipinski definition) is 0. The predicted molar refractivity (Wildman–Crippen MR) is 114 cm³/mol. The minimum atomic E-state index is -3.71. The molecule has 0 radical (unpaired) electrons. The summed E-state index contributed by atoms with van der Waals surface area (Å²) in [5.74, 6) is 1.73. The molecule has 0 N–H and O–H groups in total. The lowest BCUT2D eigenvalue weighted by Gasteiger charge is -2.27. The van der Waals surface area contributed by atoms with E-state index in [0.717, 1.165) is 24.8 Å². The first-order chi connectivity index (χ1) is 15.0. The van der Waals surface area contributed by atoms with E-state index in [1.165, 1.54) is 10.5 Å². The minimum Gasteiger partial charge on any atom is -0.493 e. The molecular formula is C22H25N3O5S. The lowest BCUT2D eigenvalue weighted by Crippen LogP contribution is -2.35. The van der Waals surface area contributed by atoms with Crippen LogP contribution >= 0.6 is 0 Å². The van der Waals surface area contributed by atoms with Gasteiger partial charge in [-0.15, -0.1) is 0 Å². The molecule has 1 saturated heterocycles. The van der Waals surface area contributed by atoms with E-state index in [0.29, 0.717) is 35.9 Å². The summed E-state index contributed by atoms with van der Waals surface area (Å²) in [5.41, 5.74) is 1.37. The molecule has 4 rings (SSSR count). The summed E-state index contributed by atoms with van der Waals surface area (Å²) in [4.78, 5) is 4.16. The van der Waals surface area contributed by atoms with Gasteiger partial charge in [0.25, 0.3) is 0 Å². The lowest BCUT2D eigenvalue weighted by molar-refractivity contribution is 0.308. The van der Waals surface area contributed by atoms with Gasteiger partial charge in [-0.3, -0.25) is 4.98 Å². The third-order valence-corrected chi connectivity index (χ3v) is 7.37. The average Bonchev–Trinajstić information content (AvgIpc) is 3.16. The second-order valence-corrected chi connectivity index (χ2v) is 9.25. The second kappa shape index (κ2) is 9.07. The van der Waals surface area contributed by atoms with Gasteiger partial charge in [0.15, 0.2) is 17.3 Å². The van der Waals surface area contributed by atoms with E-state index >= 15 is 0 Å². The molecule has 164 valence electrons. The molecule has 0 amide bonds. The molecule has 0 spiro atoms. The molecule has 1 fully saturated rings. The highest BCUT2D eigenvalue weighted by Crippen LogP contribution is 2.37. The highest BCUT2D eigenvalue weighted by molar-refractivity contribution is 7.89. The first-order valence-electron chi connectivity index (χ1n) is 10.2. The van der Waals surface area contributed by atoms with Gasteiger partial charge in [0.2, 0.25) is 10.0 Å². The van der Waals surface area contributed by atoms with Crippen LogP contribution in [0.25, 0.3) is 11.3 Å². The molecule has 0 bridgehead atoms. The Morgan fingerprint density at radius 1 is 1.06 bits per heavy atom. The van der Waals surface area contributed by atoms with Crippen molar-refractivity contribution in [2.24, 2.45) is 0 Å². The van der Waals surface area contributed by atoms with Crippen LogP contribution in [0, 0.1) is 0 Å². The van der Waals surface area contributed by atoms with E-state index in [1.54, 1.807) is 44.7 Å². The van der Waals surface area contributed by atoms with Crippen LogP contribution in [0.15, 0.2) is 58.2 Å². The fraction of sp³-hybridized carbons (Fsp3) is 0.364. The van der Waals surface area contributed by atoms with Gasteiger partial charge in [-0.2, -0.15) is 4.31 Å². The monoisotopic (exact) mass is 443 g/mol. The van der Waals surface area contributed by atoms with Crippen LogP contribution in [0.4, 0.5) is 0 Å². The molecular weight excluding hydrogens is 418 g/mol. The first-order valence-corrected chi connectivity index (χ1v) is 11.6. The highest BCUT2D eigenvalue weighted by atomic mass is 32.2. The van der Waals surface area contributed by atoms with Crippen molar-refractivity contribution in [2.45, 2.75) is 36.6 Å². The summed E-state index contributed by atoms with van der Waals surface area (Å²) < 4.78 is 44.5. The van der Waals surface area contributed by atoms with Gasteiger partial charge in [-0.05, 0) is 43.2 Å². The van der Waals surface area contributed by atoms with Crippen LogP contribution in [0.1, 0.15) is 37.4 Å². The van der Waals surface area contributed by atoms with E-state index < -0.39 is 16.1 Å². The van der Waals surface area contributed by atoms with Gasteiger partial charge >= 0.3 is 0 Å². The van der Waals surface area contributed by atoms with E-state index in [4.69, 9.17) is 14.0 Å². The molecule has 8 nitrogen and oxygen atoms in total. The van der Waals surface area contributed by atoms with E-state index in [-0.39, 0.29) is 4.90 Å². The Hall–Kier alpha value is -2.91. The van der Waals surface area contributed by atoms with Crippen molar-refractivity contribution in [1.29, 1.82) is 0 Å². The van der Waals surface area contributed by atoms with Crippen LogP contribution in [-0.4, -0.2) is 43.6 Å². The van der Waals surface area contributed by atoms with Gasteiger partial charge in [0.05, 0.1) is 20.3 Å². The van der Waals surface area contributed by atoms with Crippen molar-refractivity contribution in [3.8, 4) is 22.8 Å². The zero-order chi connectivity index (χ0) is 21.8. The first kappa shape index (κ1) is 21.3. The molecule has 1 atom stereocenters. The molecule has 3 aromatic rings. The number of pyridine rings is 1. The van der Waals surface area contributed by atoms with Crippen LogP contribution in [0.3, 0.4) is 0 Å². The Bertz CT molecular complexity index is 1130. The van der Waals surface area contributed by atoms with Crippen molar-refractivity contribution in [2.75, 3.05) is 20.8 Å². The quantitative estimate of drug-likeness (QED) is 0.567. The van der Waals surface area contributed by atoms with Crippen LogP contribution in [0.5, 0.6) is 11.5 Å². The minimum absolute atomic E-state index is 0.186. The summed E-state index contributed by atoms with van der Waals surface area (Å²) >= 11 is 0. The molecule has 1 aromatic carbocycles. The fourth-order valence-corrected chi connectivity index (χ4v) is 5.50. The Morgan fingerprint density at radius 2 is 1.90 bits per heavy atom.